The quantitative estimate of drug-likeness (QED) is 0.485. The average Bonchev–Trinajstić information content (AvgIpc) is 2.72. The van der Waals surface area contributed by atoms with Gasteiger partial charge in [-0.15, -0.1) is 11.8 Å². The second kappa shape index (κ2) is 8.83. The first kappa shape index (κ1) is 19.1. The molecule has 1 aromatic heterocycles. The van der Waals surface area contributed by atoms with Crippen molar-refractivity contribution in [1.29, 1.82) is 5.26 Å². The number of esters is 1. The van der Waals surface area contributed by atoms with Crippen molar-refractivity contribution in [1.82, 2.24) is 10.2 Å². The molecule has 2 N–H and O–H groups in total. The fraction of sp³-hybridized carbons (Fsp3) is 0.105. The number of nitrogens with one attached hydrogen (secondary N) is 2. The molecule has 0 bridgehead atoms. The molecular formula is C19H14N4O4S. The molecule has 9 heteroatoms. The molecule has 3 rings (SSSR count). The molecule has 0 fully saturated rings. The third kappa shape index (κ3) is 4.36. The van der Waals surface area contributed by atoms with Gasteiger partial charge in [0.1, 0.15) is 0 Å². The number of amides is 1. The maximum atomic E-state index is 12.3. The van der Waals surface area contributed by atoms with Crippen molar-refractivity contribution in [2.45, 2.75) is 4.90 Å². The summed E-state index contributed by atoms with van der Waals surface area (Å²) in [4.78, 5) is 37.0. The van der Waals surface area contributed by atoms with Crippen molar-refractivity contribution in [3.8, 4) is 6.07 Å². The summed E-state index contributed by atoms with van der Waals surface area (Å²) in [5.74, 6) is -1.12. The number of carbonyl (C=O) groups is 2. The van der Waals surface area contributed by atoms with Crippen LogP contribution in [0.1, 0.15) is 10.5 Å². The molecule has 28 heavy (non-hydrogen) atoms. The largest absolute Gasteiger partial charge is 0.451 e. The van der Waals surface area contributed by atoms with Gasteiger partial charge >= 0.3 is 5.97 Å². The molecule has 0 atom stereocenters. The lowest BCUT2D eigenvalue weighted by Crippen LogP contribution is -2.23. The number of aromatic amines is 1. The van der Waals surface area contributed by atoms with E-state index in [-0.39, 0.29) is 11.4 Å². The van der Waals surface area contributed by atoms with Gasteiger partial charge in [0, 0.05) is 10.3 Å². The van der Waals surface area contributed by atoms with Gasteiger partial charge in [-0.1, -0.05) is 30.3 Å². The highest BCUT2D eigenvalue weighted by Crippen LogP contribution is 2.26. The Bertz CT molecular complexity index is 1140. The molecule has 8 nitrogen and oxygen atoms in total. The number of hydrogen-bond acceptors (Lipinski definition) is 7. The van der Waals surface area contributed by atoms with Gasteiger partial charge in [0.2, 0.25) is 0 Å². The predicted octanol–water partition coefficient (Wildman–Crippen LogP) is 2.33. The van der Waals surface area contributed by atoms with E-state index in [4.69, 9.17) is 10.00 Å². The first-order chi connectivity index (χ1) is 13.6. The Morgan fingerprint density at radius 2 is 1.86 bits per heavy atom. The lowest BCUT2D eigenvalue weighted by Gasteiger charge is -2.10. The Morgan fingerprint density at radius 3 is 2.64 bits per heavy atom. The molecule has 2 aromatic carbocycles. The summed E-state index contributed by atoms with van der Waals surface area (Å²) in [6, 6.07) is 15.5. The van der Waals surface area contributed by atoms with Crippen LogP contribution >= 0.6 is 11.8 Å². The molecule has 0 saturated heterocycles. The van der Waals surface area contributed by atoms with Gasteiger partial charge in [-0.2, -0.15) is 10.4 Å². The number of ether oxygens (including phenoxy) is 1. The third-order valence-electron chi connectivity index (χ3n) is 3.68. The van der Waals surface area contributed by atoms with Crippen LogP contribution in [0.4, 0.5) is 5.69 Å². The van der Waals surface area contributed by atoms with E-state index in [2.05, 4.69) is 15.5 Å². The van der Waals surface area contributed by atoms with Gasteiger partial charge in [0.05, 0.1) is 22.9 Å². The Labute approximate surface area is 163 Å². The van der Waals surface area contributed by atoms with Crippen LogP contribution in [-0.2, 0) is 9.53 Å². The number of thioether (sulfide) groups is 1. The van der Waals surface area contributed by atoms with Crippen LogP contribution < -0.4 is 10.9 Å². The van der Waals surface area contributed by atoms with E-state index in [1.807, 2.05) is 6.07 Å². The zero-order valence-electron chi connectivity index (χ0n) is 14.5. The van der Waals surface area contributed by atoms with E-state index in [0.717, 1.165) is 4.90 Å². The fourth-order valence-electron chi connectivity index (χ4n) is 2.46. The van der Waals surface area contributed by atoms with E-state index < -0.39 is 24.0 Å². The molecule has 0 aliphatic carbocycles. The molecule has 0 unspecified atom stereocenters. The Hall–Kier alpha value is -3.64. The zero-order chi connectivity index (χ0) is 19.9. The topological polar surface area (TPSA) is 125 Å². The lowest BCUT2D eigenvalue weighted by molar-refractivity contribution is -0.119. The smallest absolute Gasteiger partial charge is 0.359 e. The molecule has 0 radical (unpaired) electrons. The van der Waals surface area contributed by atoms with Gasteiger partial charge in [-0.05, 0) is 18.2 Å². The molecule has 1 heterocycles. The maximum absolute atomic E-state index is 12.3. The number of nitriles is 1. The predicted molar refractivity (Wildman–Crippen MR) is 104 cm³/mol. The van der Waals surface area contributed by atoms with Crippen molar-refractivity contribution >= 4 is 40.1 Å². The van der Waals surface area contributed by atoms with E-state index in [1.54, 1.807) is 48.5 Å². The van der Waals surface area contributed by atoms with Gasteiger partial charge < -0.3 is 10.1 Å². The van der Waals surface area contributed by atoms with Crippen LogP contribution in [0.5, 0.6) is 0 Å². The highest BCUT2D eigenvalue weighted by Gasteiger charge is 2.17. The SMILES string of the molecule is N#CCSc1ccccc1NC(=O)COC(=O)c1n[nH]c(=O)c2ccccc12. The molecule has 0 saturated carbocycles. The summed E-state index contributed by atoms with van der Waals surface area (Å²) in [5.41, 5.74) is 0.0285. The van der Waals surface area contributed by atoms with E-state index in [0.29, 0.717) is 16.5 Å². The van der Waals surface area contributed by atoms with Gasteiger partial charge in [-0.25, -0.2) is 9.89 Å². The summed E-state index contributed by atoms with van der Waals surface area (Å²) < 4.78 is 5.04. The first-order valence-corrected chi connectivity index (χ1v) is 9.12. The monoisotopic (exact) mass is 394 g/mol. The van der Waals surface area contributed by atoms with Crippen LogP contribution in [0.2, 0.25) is 0 Å². The third-order valence-corrected chi connectivity index (χ3v) is 4.62. The zero-order valence-corrected chi connectivity index (χ0v) is 15.3. The molecular weight excluding hydrogens is 380 g/mol. The normalized spacial score (nSPS) is 10.2. The first-order valence-electron chi connectivity index (χ1n) is 8.13. The van der Waals surface area contributed by atoms with Crippen LogP contribution in [-0.4, -0.2) is 34.4 Å². The Balaban J connectivity index is 1.68. The minimum atomic E-state index is -0.824. The molecule has 0 spiro atoms. The summed E-state index contributed by atoms with van der Waals surface area (Å²) in [7, 11) is 0. The Kier molecular flexibility index (Phi) is 6.04. The fourth-order valence-corrected chi connectivity index (χ4v) is 3.13. The second-order valence-electron chi connectivity index (χ2n) is 5.51. The highest BCUT2D eigenvalue weighted by atomic mass is 32.2. The molecule has 140 valence electrons. The van der Waals surface area contributed by atoms with E-state index >= 15 is 0 Å². The van der Waals surface area contributed by atoms with Crippen molar-refractivity contribution in [2.24, 2.45) is 0 Å². The number of fused-ring (bicyclic) bond motifs is 1. The van der Waals surface area contributed by atoms with Crippen LogP contribution in [0.25, 0.3) is 10.8 Å². The van der Waals surface area contributed by atoms with Crippen molar-refractivity contribution in [3.05, 3.63) is 64.6 Å². The number of para-hydroxylation sites is 1. The summed E-state index contributed by atoms with van der Waals surface area (Å²) in [6.45, 7) is -0.523. The number of benzene rings is 2. The van der Waals surface area contributed by atoms with Crippen LogP contribution in [0.15, 0.2) is 58.2 Å². The number of anilines is 1. The summed E-state index contributed by atoms with van der Waals surface area (Å²) in [6.07, 6.45) is 0. The minimum absolute atomic E-state index is 0.0759. The molecule has 0 aliphatic rings. The molecule has 3 aromatic rings. The standard InChI is InChI=1S/C19H14N4O4S/c20-9-10-28-15-8-4-3-7-14(15)21-16(24)11-27-19(26)17-12-5-1-2-6-13(12)18(25)23-22-17/h1-8H,10-11H2,(H,21,24)(H,23,25). The number of nitrogens with zero attached hydrogens (tertiary/aromatic N) is 2. The maximum Gasteiger partial charge on any atom is 0.359 e. The summed E-state index contributed by atoms with van der Waals surface area (Å²) in [5, 5.41) is 18.0. The second-order valence-corrected chi connectivity index (χ2v) is 6.53. The highest BCUT2D eigenvalue weighted by molar-refractivity contribution is 7.99. The van der Waals surface area contributed by atoms with Gasteiger partial charge in [0.15, 0.2) is 12.3 Å². The Morgan fingerprint density at radius 1 is 1.14 bits per heavy atom. The number of hydrogen-bond donors (Lipinski definition) is 2. The minimum Gasteiger partial charge on any atom is -0.451 e. The van der Waals surface area contributed by atoms with Crippen LogP contribution in [0, 0.1) is 11.3 Å². The van der Waals surface area contributed by atoms with Crippen molar-refractivity contribution in [3.63, 3.8) is 0 Å². The lowest BCUT2D eigenvalue weighted by atomic mass is 10.1. The number of aromatic nitrogens is 2. The van der Waals surface area contributed by atoms with Gasteiger partial charge in [0.25, 0.3) is 11.5 Å². The van der Waals surface area contributed by atoms with E-state index in [9.17, 15) is 14.4 Å². The molecule has 0 aliphatic heterocycles. The van der Waals surface area contributed by atoms with Crippen LogP contribution in [0.3, 0.4) is 0 Å². The number of rotatable bonds is 6. The van der Waals surface area contributed by atoms with Gasteiger partial charge in [-0.3, -0.25) is 9.59 Å². The van der Waals surface area contributed by atoms with Crippen molar-refractivity contribution in [2.75, 3.05) is 17.7 Å². The average molecular weight is 394 g/mol. The number of carbonyl (C=O) groups excluding carboxylic acids is 2. The number of H-pyrrole nitrogens is 1. The molecule has 1 amide bonds. The van der Waals surface area contributed by atoms with E-state index in [1.165, 1.54) is 11.8 Å². The van der Waals surface area contributed by atoms with Crippen molar-refractivity contribution < 1.29 is 14.3 Å². The summed E-state index contributed by atoms with van der Waals surface area (Å²) >= 11 is 1.29.